The van der Waals surface area contributed by atoms with Crippen LogP contribution < -0.4 is 9.80 Å². The molecule has 60 heavy (non-hydrogen) atoms. The first kappa shape index (κ1) is 34.4. The Labute approximate surface area is 357 Å². The summed E-state index contributed by atoms with van der Waals surface area (Å²) in [6.07, 6.45) is 0. The quantitative estimate of drug-likeness (QED) is 0.172. The van der Waals surface area contributed by atoms with E-state index < -0.39 is 0 Å². The predicted octanol–water partition coefficient (Wildman–Crippen LogP) is 16.9. The fourth-order valence-corrected chi connectivity index (χ4v) is 13.6. The number of hydrogen-bond acceptors (Lipinski definition) is 4. The zero-order valence-electron chi connectivity index (χ0n) is 33.9. The Morgan fingerprint density at radius 2 is 0.717 bits per heavy atom. The molecule has 0 unspecified atom stereocenters. The molecule has 0 bridgehead atoms. The summed E-state index contributed by atoms with van der Waals surface area (Å²) < 4.78 is 5.46. The van der Waals surface area contributed by atoms with Gasteiger partial charge in [0.1, 0.15) is 0 Å². The number of nitrogens with zero attached hydrogens (tertiary/aromatic N) is 2. The normalized spacial score (nSPS) is 15.2. The monoisotopic (exact) mass is 804 g/mol. The van der Waals surface area contributed by atoms with Gasteiger partial charge in [-0.3, -0.25) is 0 Å². The van der Waals surface area contributed by atoms with Gasteiger partial charge in [0.05, 0.1) is 22.7 Å². The molecule has 2 nitrogen and oxygen atoms in total. The van der Waals surface area contributed by atoms with Crippen molar-refractivity contribution in [2.24, 2.45) is 0 Å². The minimum atomic E-state index is -0.221. The van der Waals surface area contributed by atoms with Gasteiger partial charge < -0.3 is 9.80 Å². The van der Waals surface area contributed by atoms with Gasteiger partial charge in [0, 0.05) is 73.7 Å². The summed E-state index contributed by atoms with van der Waals surface area (Å²) in [5.41, 5.74) is 12.5. The van der Waals surface area contributed by atoms with E-state index in [1.807, 2.05) is 22.7 Å². The van der Waals surface area contributed by atoms with Gasteiger partial charge in [-0.2, -0.15) is 0 Å². The number of hydrogen-bond donors (Lipinski definition) is 0. The topological polar surface area (TPSA) is 6.48 Å². The van der Waals surface area contributed by atoms with Crippen molar-refractivity contribution in [1.29, 1.82) is 0 Å². The number of rotatable bonds is 2. The second-order valence-electron chi connectivity index (χ2n) is 17.7. The molecule has 13 rings (SSSR count). The molecule has 0 N–H and O–H groups in total. The van der Waals surface area contributed by atoms with Gasteiger partial charge in [0.15, 0.2) is 0 Å². The van der Waals surface area contributed by atoms with E-state index in [1.54, 1.807) is 0 Å². The first-order valence-electron chi connectivity index (χ1n) is 20.9. The van der Waals surface area contributed by atoms with Crippen molar-refractivity contribution in [3.8, 4) is 0 Å². The third-order valence-electron chi connectivity index (χ3n) is 13.7. The average Bonchev–Trinajstić information content (AvgIpc) is 3.82. The molecule has 4 heteroatoms. The van der Waals surface area contributed by atoms with Crippen LogP contribution in [0.2, 0.25) is 0 Å². The Kier molecular flexibility index (Phi) is 6.92. The Balaban J connectivity index is 1.05. The van der Waals surface area contributed by atoms with Crippen LogP contribution in [0.5, 0.6) is 0 Å². The number of fused-ring (bicyclic) bond motifs is 14. The van der Waals surface area contributed by atoms with Gasteiger partial charge in [-0.05, 0) is 105 Å². The maximum atomic E-state index is 2.51. The number of para-hydroxylation sites is 2. The van der Waals surface area contributed by atoms with Gasteiger partial charge in [-0.25, -0.2) is 0 Å². The van der Waals surface area contributed by atoms with Crippen LogP contribution in [0.15, 0.2) is 170 Å². The van der Waals surface area contributed by atoms with E-state index in [1.165, 1.54) is 118 Å². The summed E-state index contributed by atoms with van der Waals surface area (Å²) >= 11 is 3.94. The van der Waals surface area contributed by atoms with Crippen LogP contribution in [0.4, 0.5) is 34.1 Å². The van der Waals surface area contributed by atoms with Crippen molar-refractivity contribution in [3.63, 3.8) is 0 Å². The Hall–Kier alpha value is -6.46. The minimum Gasteiger partial charge on any atom is -0.310 e. The second-order valence-corrected chi connectivity index (χ2v) is 19.9. The van der Waals surface area contributed by atoms with Gasteiger partial charge in [0.25, 0.3) is 0 Å². The lowest BCUT2D eigenvalue weighted by Crippen LogP contribution is -2.30. The average molecular weight is 805 g/mol. The Morgan fingerprint density at radius 3 is 1.12 bits per heavy atom. The molecule has 0 amide bonds. The molecule has 2 aromatic heterocycles. The van der Waals surface area contributed by atoms with Gasteiger partial charge >= 0.3 is 0 Å². The highest BCUT2D eigenvalue weighted by atomic mass is 32.1. The molecule has 9 aromatic carbocycles. The number of anilines is 6. The second kappa shape index (κ2) is 12.1. The van der Waals surface area contributed by atoms with E-state index in [0.29, 0.717) is 0 Å². The fraction of sp³-hybridized carbons (Fsp3) is 0.107. The van der Waals surface area contributed by atoms with Crippen molar-refractivity contribution in [2.45, 2.75) is 38.5 Å². The van der Waals surface area contributed by atoms with Crippen molar-refractivity contribution in [3.05, 3.63) is 192 Å². The van der Waals surface area contributed by atoms with Gasteiger partial charge in [-0.15, -0.1) is 22.7 Å². The molecule has 0 saturated carbocycles. The highest BCUT2D eigenvalue weighted by Crippen LogP contribution is 2.59. The van der Waals surface area contributed by atoms with Gasteiger partial charge in [0.2, 0.25) is 0 Å². The van der Waals surface area contributed by atoms with Crippen LogP contribution >= 0.6 is 22.7 Å². The Morgan fingerprint density at radius 1 is 0.350 bits per heavy atom. The van der Waals surface area contributed by atoms with Crippen LogP contribution in [-0.4, -0.2) is 0 Å². The third kappa shape index (κ3) is 4.58. The van der Waals surface area contributed by atoms with E-state index in [0.717, 1.165) is 0 Å². The Bertz CT molecular complexity index is 3370. The van der Waals surface area contributed by atoms with Gasteiger partial charge in [-0.1, -0.05) is 125 Å². The first-order valence-corrected chi connectivity index (χ1v) is 22.6. The summed E-state index contributed by atoms with van der Waals surface area (Å²) in [7, 11) is 0. The first-order chi connectivity index (χ1) is 29.3. The van der Waals surface area contributed by atoms with Crippen LogP contribution in [0, 0.1) is 0 Å². The summed E-state index contributed by atoms with van der Waals surface area (Å²) in [5, 5.41) is 10.5. The van der Waals surface area contributed by atoms with Crippen molar-refractivity contribution < 1.29 is 0 Å². The molecule has 0 aliphatic carbocycles. The van der Waals surface area contributed by atoms with Crippen molar-refractivity contribution >= 4 is 119 Å². The lowest BCUT2D eigenvalue weighted by molar-refractivity contribution is 0.640. The predicted molar refractivity (Wildman–Crippen MR) is 261 cm³/mol. The molecule has 0 spiro atoms. The molecule has 0 radical (unpaired) electrons. The van der Waals surface area contributed by atoms with Crippen LogP contribution in [-0.2, 0) is 10.8 Å². The summed E-state index contributed by atoms with van der Waals surface area (Å²) in [6, 6.07) is 63.7. The zero-order chi connectivity index (χ0) is 40.1. The SMILES string of the molecule is CC1(C)c2cc3ccccc3cc2N(c2ccccc2)c2ccc3c(sc4cc5c(cc43)sc3c4c(ccc35)N(c3ccccc3)c3cc5ccccc5cc3C4(C)C)c21. The van der Waals surface area contributed by atoms with Crippen LogP contribution in [0.3, 0.4) is 0 Å². The van der Waals surface area contributed by atoms with Crippen LogP contribution in [0.25, 0.3) is 61.9 Å². The molecule has 0 atom stereocenters. The molecular formula is C56H40N2S2. The van der Waals surface area contributed by atoms with Crippen LogP contribution in [0.1, 0.15) is 49.9 Å². The lowest BCUT2D eigenvalue weighted by Gasteiger charge is -2.42. The maximum absolute atomic E-state index is 2.51. The summed E-state index contributed by atoms with van der Waals surface area (Å²) in [5.74, 6) is 0. The standard InChI is InChI=1S/C56H40N2S2/c1-55(2)43-27-33-15-11-13-17-35(33)29-47(43)57(37-19-7-5-8-20-37)45-25-23-39-41-31-50-42(32-49(41)59-53(39)51(45)55)40-24-26-46-52(54(40)60-50)56(3,4)44-28-34-16-12-14-18-36(34)30-48(44)58(46)38-21-9-6-10-22-38/h5-32H,1-4H3. The number of benzene rings is 9. The fourth-order valence-electron chi connectivity index (χ4n) is 10.8. The molecule has 0 saturated heterocycles. The molecule has 0 fully saturated rings. The van der Waals surface area contributed by atoms with E-state index in [2.05, 4.69) is 207 Å². The van der Waals surface area contributed by atoms with E-state index >= 15 is 0 Å². The summed E-state index contributed by atoms with van der Waals surface area (Å²) in [4.78, 5) is 5.01. The molecular weight excluding hydrogens is 765 g/mol. The smallest absolute Gasteiger partial charge is 0.0517 e. The molecule has 2 aliphatic heterocycles. The molecule has 2 aliphatic rings. The summed E-state index contributed by atoms with van der Waals surface area (Å²) in [6.45, 7) is 9.73. The van der Waals surface area contributed by atoms with E-state index in [4.69, 9.17) is 0 Å². The number of thiophene rings is 2. The van der Waals surface area contributed by atoms with Crippen molar-refractivity contribution in [2.75, 3.05) is 9.80 Å². The third-order valence-corrected chi connectivity index (χ3v) is 16.0. The highest BCUT2D eigenvalue weighted by molar-refractivity contribution is 7.27. The van der Waals surface area contributed by atoms with Crippen molar-refractivity contribution in [1.82, 2.24) is 0 Å². The minimum absolute atomic E-state index is 0.221. The molecule has 11 aromatic rings. The maximum Gasteiger partial charge on any atom is 0.0517 e. The highest BCUT2D eigenvalue weighted by Gasteiger charge is 2.41. The largest absolute Gasteiger partial charge is 0.310 e. The van der Waals surface area contributed by atoms with E-state index in [-0.39, 0.29) is 10.8 Å². The zero-order valence-corrected chi connectivity index (χ0v) is 35.5. The lowest BCUT2D eigenvalue weighted by atomic mass is 9.72. The molecule has 286 valence electrons. The van der Waals surface area contributed by atoms with E-state index in [9.17, 15) is 0 Å². The molecule has 4 heterocycles.